The van der Waals surface area contributed by atoms with E-state index in [2.05, 4.69) is 19.2 Å². The molecule has 0 bridgehead atoms. The van der Waals surface area contributed by atoms with E-state index in [1.54, 1.807) is 12.1 Å². The van der Waals surface area contributed by atoms with Crippen LogP contribution in [0.5, 0.6) is 0 Å². The Morgan fingerprint density at radius 3 is 2.30 bits per heavy atom. The Labute approximate surface area is 160 Å². The molecule has 144 valence electrons. The van der Waals surface area contributed by atoms with Crippen LogP contribution in [0.2, 0.25) is 0 Å². The van der Waals surface area contributed by atoms with Crippen molar-refractivity contribution < 1.29 is 17.9 Å². The molecule has 0 aromatic heterocycles. The number of amides is 1. The second kappa shape index (κ2) is 8.21. The Balaban J connectivity index is 1.85. The van der Waals surface area contributed by atoms with Gasteiger partial charge >= 0.3 is 0 Å². The summed E-state index contributed by atoms with van der Waals surface area (Å²) in [6.45, 7) is 5.48. The van der Waals surface area contributed by atoms with Gasteiger partial charge in [0.25, 0.3) is 5.91 Å². The molecule has 0 saturated carbocycles. The Kier molecular flexibility index (Phi) is 5.94. The standard InChI is InChI=1S/C20H24N2O4S/c1-15(2)16-7-9-17(10-8-16)21-20(23)18-5-3-4-6-19(18)27(24,25)22-11-13-26-14-12-22/h3-10,15H,11-14H2,1-2H3,(H,21,23). The summed E-state index contributed by atoms with van der Waals surface area (Å²) >= 11 is 0. The SMILES string of the molecule is CC(C)c1ccc(NC(=O)c2ccccc2S(=O)(=O)N2CCOCC2)cc1. The zero-order chi connectivity index (χ0) is 19.4. The van der Waals surface area contributed by atoms with Crippen molar-refractivity contribution in [2.45, 2.75) is 24.7 Å². The molecule has 1 saturated heterocycles. The molecule has 0 atom stereocenters. The molecule has 1 aliphatic heterocycles. The van der Waals surface area contributed by atoms with Crippen molar-refractivity contribution in [1.29, 1.82) is 0 Å². The molecule has 27 heavy (non-hydrogen) atoms. The van der Waals surface area contributed by atoms with Crippen molar-refractivity contribution >= 4 is 21.6 Å². The molecule has 0 unspecified atom stereocenters. The number of carbonyl (C=O) groups excluding carboxylic acids is 1. The average molecular weight is 388 g/mol. The lowest BCUT2D eigenvalue weighted by atomic mass is 10.0. The number of rotatable bonds is 5. The highest BCUT2D eigenvalue weighted by molar-refractivity contribution is 7.89. The molecule has 6 nitrogen and oxygen atoms in total. The molecular weight excluding hydrogens is 364 g/mol. The predicted molar refractivity (Wildman–Crippen MR) is 105 cm³/mol. The van der Waals surface area contributed by atoms with Crippen molar-refractivity contribution in [1.82, 2.24) is 4.31 Å². The van der Waals surface area contributed by atoms with E-state index < -0.39 is 15.9 Å². The first-order valence-electron chi connectivity index (χ1n) is 8.98. The summed E-state index contributed by atoms with van der Waals surface area (Å²) in [6.07, 6.45) is 0. The average Bonchev–Trinajstić information content (AvgIpc) is 2.69. The predicted octanol–water partition coefficient (Wildman–Crippen LogP) is 3.08. The van der Waals surface area contributed by atoms with Gasteiger partial charge < -0.3 is 10.1 Å². The van der Waals surface area contributed by atoms with Gasteiger partial charge in [0, 0.05) is 18.8 Å². The lowest BCUT2D eigenvalue weighted by Gasteiger charge is -2.26. The van der Waals surface area contributed by atoms with Crippen LogP contribution in [-0.4, -0.2) is 44.9 Å². The van der Waals surface area contributed by atoms with Crippen LogP contribution in [0, 0.1) is 0 Å². The van der Waals surface area contributed by atoms with E-state index in [1.165, 1.54) is 22.0 Å². The van der Waals surface area contributed by atoms with Gasteiger partial charge in [-0.3, -0.25) is 4.79 Å². The second-order valence-electron chi connectivity index (χ2n) is 6.74. The fourth-order valence-electron chi connectivity index (χ4n) is 2.95. The van der Waals surface area contributed by atoms with E-state index in [9.17, 15) is 13.2 Å². The zero-order valence-corrected chi connectivity index (χ0v) is 16.3. The van der Waals surface area contributed by atoms with Crippen molar-refractivity contribution in [3.8, 4) is 0 Å². The molecule has 0 radical (unpaired) electrons. The van der Waals surface area contributed by atoms with Crippen LogP contribution < -0.4 is 5.32 Å². The Morgan fingerprint density at radius 2 is 1.67 bits per heavy atom. The van der Waals surface area contributed by atoms with E-state index in [4.69, 9.17) is 4.74 Å². The largest absolute Gasteiger partial charge is 0.379 e. The fourth-order valence-corrected chi connectivity index (χ4v) is 4.55. The van der Waals surface area contributed by atoms with Gasteiger partial charge in [-0.15, -0.1) is 0 Å². The molecular formula is C20H24N2O4S. The maximum atomic E-state index is 13.0. The molecule has 1 fully saturated rings. The highest BCUT2D eigenvalue weighted by atomic mass is 32.2. The quantitative estimate of drug-likeness (QED) is 0.854. The van der Waals surface area contributed by atoms with Crippen molar-refractivity contribution in [3.63, 3.8) is 0 Å². The lowest BCUT2D eigenvalue weighted by molar-refractivity contribution is 0.0730. The number of hydrogen-bond donors (Lipinski definition) is 1. The highest BCUT2D eigenvalue weighted by Crippen LogP contribution is 2.23. The third-order valence-corrected chi connectivity index (χ3v) is 6.51. The normalized spacial score (nSPS) is 15.7. The molecule has 3 rings (SSSR count). The topological polar surface area (TPSA) is 75.7 Å². The Hall–Kier alpha value is -2.22. The first kappa shape index (κ1) is 19.5. The molecule has 1 N–H and O–H groups in total. The number of anilines is 1. The first-order chi connectivity index (χ1) is 12.9. The minimum Gasteiger partial charge on any atom is -0.379 e. The van der Waals surface area contributed by atoms with Crippen LogP contribution in [0.4, 0.5) is 5.69 Å². The van der Waals surface area contributed by atoms with Crippen molar-refractivity contribution in [2.75, 3.05) is 31.6 Å². The van der Waals surface area contributed by atoms with Crippen LogP contribution in [0.25, 0.3) is 0 Å². The summed E-state index contributed by atoms with van der Waals surface area (Å²) < 4.78 is 32.5. The van der Waals surface area contributed by atoms with E-state index in [0.717, 1.165) is 0 Å². The molecule has 7 heteroatoms. The number of nitrogens with zero attached hydrogens (tertiary/aromatic N) is 1. The number of benzene rings is 2. The maximum absolute atomic E-state index is 13.0. The van der Waals surface area contributed by atoms with Crippen LogP contribution in [0.1, 0.15) is 35.7 Å². The van der Waals surface area contributed by atoms with Gasteiger partial charge in [-0.2, -0.15) is 4.31 Å². The van der Waals surface area contributed by atoms with Gasteiger partial charge in [0.1, 0.15) is 0 Å². The van der Waals surface area contributed by atoms with Crippen LogP contribution in [-0.2, 0) is 14.8 Å². The fraction of sp³-hybridized carbons (Fsp3) is 0.350. The smallest absolute Gasteiger partial charge is 0.257 e. The number of carbonyl (C=O) groups is 1. The number of ether oxygens (including phenoxy) is 1. The number of morpholine rings is 1. The van der Waals surface area contributed by atoms with Crippen LogP contribution in [0.3, 0.4) is 0 Å². The van der Waals surface area contributed by atoms with Gasteiger partial charge in [0.05, 0.1) is 23.7 Å². The van der Waals surface area contributed by atoms with Crippen LogP contribution >= 0.6 is 0 Å². The number of hydrogen-bond acceptors (Lipinski definition) is 4. The summed E-state index contributed by atoms with van der Waals surface area (Å²) in [7, 11) is -3.76. The van der Waals surface area contributed by atoms with E-state index in [-0.39, 0.29) is 23.5 Å². The minimum absolute atomic E-state index is 0.0169. The molecule has 2 aromatic rings. The van der Waals surface area contributed by atoms with Gasteiger partial charge in [-0.25, -0.2) is 8.42 Å². The molecule has 1 amide bonds. The molecule has 1 heterocycles. The number of nitrogens with one attached hydrogen (secondary N) is 1. The van der Waals surface area contributed by atoms with Gasteiger partial charge in [-0.05, 0) is 35.7 Å². The summed E-state index contributed by atoms with van der Waals surface area (Å²) in [5, 5.41) is 2.79. The molecule has 0 aliphatic carbocycles. The third kappa shape index (κ3) is 4.37. The van der Waals surface area contributed by atoms with E-state index in [1.807, 2.05) is 24.3 Å². The van der Waals surface area contributed by atoms with Gasteiger partial charge in [-0.1, -0.05) is 38.1 Å². The summed E-state index contributed by atoms with van der Waals surface area (Å²) in [5.41, 5.74) is 1.93. The minimum atomic E-state index is -3.76. The summed E-state index contributed by atoms with van der Waals surface area (Å²) in [6, 6.07) is 13.9. The van der Waals surface area contributed by atoms with Crippen molar-refractivity contribution in [3.05, 3.63) is 59.7 Å². The Bertz CT molecular complexity index is 902. The van der Waals surface area contributed by atoms with E-state index in [0.29, 0.717) is 24.8 Å². The summed E-state index contributed by atoms with van der Waals surface area (Å²) in [5.74, 6) is -0.0473. The van der Waals surface area contributed by atoms with Crippen molar-refractivity contribution in [2.24, 2.45) is 0 Å². The maximum Gasteiger partial charge on any atom is 0.257 e. The lowest BCUT2D eigenvalue weighted by Crippen LogP contribution is -2.41. The zero-order valence-electron chi connectivity index (χ0n) is 15.5. The second-order valence-corrected chi connectivity index (χ2v) is 8.65. The molecule has 1 aliphatic rings. The molecule has 2 aromatic carbocycles. The monoisotopic (exact) mass is 388 g/mol. The number of sulfonamides is 1. The van der Waals surface area contributed by atoms with Gasteiger partial charge in [0.15, 0.2) is 0 Å². The summed E-state index contributed by atoms with van der Waals surface area (Å²) in [4.78, 5) is 12.8. The Morgan fingerprint density at radius 1 is 1.04 bits per heavy atom. The first-order valence-corrected chi connectivity index (χ1v) is 10.4. The van der Waals surface area contributed by atoms with Gasteiger partial charge in [0.2, 0.25) is 10.0 Å². The van der Waals surface area contributed by atoms with Crippen LogP contribution in [0.15, 0.2) is 53.4 Å². The molecule has 0 spiro atoms. The third-order valence-electron chi connectivity index (χ3n) is 4.55. The van der Waals surface area contributed by atoms with E-state index >= 15 is 0 Å². The highest BCUT2D eigenvalue weighted by Gasteiger charge is 2.30.